The molecule has 0 saturated heterocycles. The van der Waals surface area contributed by atoms with Crippen molar-refractivity contribution in [1.82, 2.24) is 10.2 Å². The topological polar surface area (TPSA) is 72.0 Å². The van der Waals surface area contributed by atoms with Gasteiger partial charge in [-0.15, -0.1) is 21.5 Å². The first kappa shape index (κ1) is 14.2. The van der Waals surface area contributed by atoms with Crippen molar-refractivity contribution >= 4 is 37.8 Å². The zero-order valence-electron chi connectivity index (χ0n) is 11.0. The molecule has 3 rings (SSSR count). The molecule has 0 amide bonds. The number of thiophene rings is 1. The number of aromatic nitrogens is 2. The molecule has 1 aromatic carbocycles. The number of hydrogen-bond donors (Lipinski definition) is 1. The number of aryl methyl sites for hydroxylation is 1. The first-order chi connectivity index (χ1) is 10.0. The molecule has 0 saturated carbocycles. The van der Waals surface area contributed by atoms with E-state index in [0.29, 0.717) is 5.01 Å². The Morgan fingerprint density at radius 1 is 1.10 bits per heavy atom. The van der Waals surface area contributed by atoms with E-state index in [1.165, 1.54) is 22.7 Å². The maximum Gasteiger partial charge on any atom is 0.263 e. The molecule has 0 unspecified atom stereocenters. The van der Waals surface area contributed by atoms with E-state index in [0.717, 1.165) is 10.4 Å². The SMILES string of the molecule is Cc1ccc(S(=O)(=O)Nc2nnc(-c3cccs3)s2)cc1. The van der Waals surface area contributed by atoms with Crippen molar-refractivity contribution in [2.75, 3.05) is 4.72 Å². The maximum atomic E-state index is 12.2. The van der Waals surface area contributed by atoms with Gasteiger partial charge in [-0.25, -0.2) is 8.42 Å². The highest BCUT2D eigenvalue weighted by molar-refractivity contribution is 7.93. The summed E-state index contributed by atoms with van der Waals surface area (Å²) in [6.07, 6.45) is 0. The zero-order valence-corrected chi connectivity index (χ0v) is 13.4. The molecule has 21 heavy (non-hydrogen) atoms. The molecular formula is C13H11N3O2S3. The standard InChI is InChI=1S/C13H11N3O2S3/c1-9-4-6-10(7-5-9)21(17,18)16-13-15-14-12(20-13)11-3-2-8-19-11/h2-8H,1H3,(H,15,16). The molecule has 5 nitrogen and oxygen atoms in total. The molecule has 0 aliphatic carbocycles. The van der Waals surface area contributed by atoms with E-state index < -0.39 is 10.0 Å². The van der Waals surface area contributed by atoms with Gasteiger partial charge in [-0.3, -0.25) is 4.72 Å². The summed E-state index contributed by atoms with van der Waals surface area (Å²) >= 11 is 2.75. The molecule has 2 aromatic heterocycles. The van der Waals surface area contributed by atoms with Crippen LogP contribution in [0.3, 0.4) is 0 Å². The number of nitrogens with zero attached hydrogens (tertiary/aromatic N) is 2. The van der Waals surface area contributed by atoms with Gasteiger partial charge in [0.1, 0.15) is 0 Å². The first-order valence-electron chi connectivity index (χ1n) is 6.01. The highest BCUT2D eigenvalue weighted by Crippen LogP contribution is 2.30. The number of anilines is 1. The second-order valence-electron chi connectivity index (χ2n) is 4.31. The first-order valence-corrected chi connectivity index (χ1v) is 9.19. The van der Waals surface area contributed by atoms with Crippen LogP contribution in [-0.2, 0) is 10.0 Å². The van der Waals surface area contributed by atoms with Gasteiger partial charge in [-0.05, 0) is 30.5 Å². The van der Waals surface area contributed by atoms with Crippen molar-refractivity contribution in [3.63, 3.8) is 0 Å². The Morgan fingerprint density at radius 3 is 2.52 bits per heavy atom. The summed E-state index contributed by atoms with van der Waals surface area (Å²) in [5, 5.41) is 10.8. The Hall–Kier alpha value is -1.77. The van der Waals surface area contributed by atoms with Crippen LogP contribution in [0.2, 0.25) is 0 Å². The molecule has 8 heteroatoms. The molecule has 0 atom stereocenters. The van der Waals surface area contributed by atoms with Crippen LogP contribution in [0.5, 0.6) is 0 Å². The molecule has 0 bridgehead atoms. The van der Waals surface area contributed by atoms with Crippen molar-refractivity contribution in [2.45, 2.75) is 11.8 Å². The van der Waals surface area contributed by atoms with Crippen LogP contribution in [0.15, 0.2) is 46.7 Å². The van der Waals surface area contributed by atoms with Gasteiger partial charge >= 0.3 is 0 Å². The lowest BCUT2D eigenvalue weighted by atomic mass is 10.2. The monoisotopic (exact) mass is 337 g/mol. The number of hydrogen-bond acceptors (Lipinski definition) is 6. The van der Waals surface area contributed by atoms with Crippen LogP contribution in [0.4, 0.5) is 5.13 Å². The van der Waals surface area contributed by atoms with Crippen molar-refractivity contribution in [3.8, 4) is 9.88 Å². The number of benzene rings is 1. The summed E-state index contributed by atoms with van der Waals surface area (Å²) in [5.74, 6) is 0. The minimum atomic E-state index is -3.62. The van der Waals surface area contributed by atoms with Gasteiger partial charge in [0.15, 0.2) is 5.01 Å². The lowest BCUT2D eigenvalue weighted by molar-refractivity contribution is 0.601. The van der Waals surface area contributed by atoms with Gasteiger partial charge in [0.05, 0.1) is 9.77 Å². The van der Waals surface area contributed by atoms with Crippen LogP contribution < -0.4 is 4.72 Å². The lowest BCUT2D eigenvalue weighted by Gasteiger charge is -2.04. The summed E-state index contributed by atoms with van der Waals surface area (Å²) < 4.78 is 26.9. The molecule has 0 radical (unpaired) electrons. The molecular weight excluding hydrogens is 326 g/mol. The van der Waals surface area contributed by atoms with E-state index in [-0.39, 0.29) is 10.0 Å². The molecule has 0 spiro atoms. The second-order valence-corrected chi connectivity index (χ2v) is 7.92. The number of nitrogens with one attached hydrogen (secondary N) is 1. The van der Waals surface area contributed by atoms with Crippen LogP contribution in [0, 0.1) is 6.92 Å². The fourth-order valence-corrected chi connectivity index (χ4v) is 4.42. The molecule has 0 aliphatic rings. The highest BCUT2D eigenvalue weighted by Gasteiger charge is 2.17. The van der Waals surface area contributed by atoms with Crippen LogP contribution in [0.1, 0.15) is 5.56 Å². The molecule has 0 fully saturated rings. The van der Waals surface area contributed by atoms with Crippen molar-refractivity contribution in [2.24, 2.45) is 0 Å². The van der Waals surface area contributed by atoms with Gasteiger partial charge in [0.2, 0.25) is 5.13 Å². The number of rotatable bonds is 4. The fraction of sp³-hybridized carbons (Fsp3) is 0.0769. The zero-order chi connectivity index (χ0) is 14.9. The third kappa shape index (κ3) is 3.12. The van der Waals surface area contributed by atoms with E-state index in [1.54, 1.807) is 24.3 Å². The van der Waals surface area contributed by atoms with E-state index in [9.17, 15) is 8.42 Å². The predicted octanol–water partition coefficient (Wildman–Crippen LogP) is 3.38. The van der Waals surface area contributed by atoms with Crippen molar-refractivity contribution < 1.29 is 8.42 Å². The van der Waals surface area contributed by atoms with Crippen LogP contribution in [0.25, 0.3) is 9.88 Å². The normalized spacial score (nSPS) is 11.5. The average molecular weight is 337 g/mol. The average Bonchev–Trinajstić information content (AvgIpc) is 3.09. The smallest absolute Gasteiger partial charge is 0.253 e. The Kier molecular flexibility index (Phi) is 3.75. The minimum absolute atomic E-state index is 0.209. The Balaban J connectivity index is 1.84. The predicted molar refractivity (Wildman–Crippen MR) is 85.2 cm³/mol. The summed E-state index contributed by atoms with van der Waals surface area (Å²) in [7, 11) is -3.62. The van der Waals surface area contributed by atoms with E-state index >= 15 is 0 Å². The van der Waals surface area contributed by atoms with Crippen molar-refractivity contribution in [1.29, 1.82) is 0 Å². The fourth-order valence-electron chi connectivity index (χ4n) is 1.66. The highest BCUT2D eigenvalue weighted by atomic mass is 32.2. The minimum Gasteiger partial charge on any atom is -0.253 e. The van der Waals surface area contributed by atoms with Gasteiger partial charge in [-0.2, -0.15) is 0 Å². The van der Waals surface area contributed by atoms with Gasteiger partial charge in [-0.1, -0.05) is 35.1 Å². The third-order valence-electron chi connectivity index (χ3n) is 2.71. The largest absolute Gasteiger partial charge is 0.263 e. The summed E-state index contributed by atoms with van der Waals surface area (Å²) in [5.41, 5.74) is 1.00. The summed E-state index contributed by atoms with van der Waals surface area (Å²) in [4.78, 5) is 1.18. The van der Waals surface area contributed by atoms with Crippen LogP contribution >= 0.6 is 22.7 Å². The summed E-state index contributed by atoms with van der Waals surface area (Å²) in [6, 6.07) is 10.5. The number of sulfonamides is 1. The van der Waals surface area contributed by atoms with Gasteiger partial charge in [0, 0.05) is 0 Å². The Labute approximate surface area is 130 Å². The summed E-state index contributed by atoms with van der Waals surface area (Å²) in [6.45, 7) is 1.90. The Bertz CT molecular complexity index is 837. The molecule has 3 aromatic rings. The van der Waals surface area contributed by atoms with Gasteiger partial charge in [0.25, 0.3) is 10.0 Å². The van der Waals surface area contributed by atoms with Crippen LogP contribution in [-0.4, -0.2) is 18.6 Å². The quantitative estimate of drug-likeness (QED) is 0.792. The van der Waals surface area contributed by atoms with E-state index in [2.05, 4.69) is 14.9 Å². The van der Waals surface area contributed by atoms with E-state index in [4.69, 9.17) is 0 Å². The molecule has 108 valence electrons. The second kappa shape index (κ2) is 5.55. The third-order valence-corrected chi connectivity index (χ3v) is 6.07. The van der Waals surface area contributed by atoms with Crippen molar-refractivity contribution in [3.05, 3.63) is 47.3 Å². The van der Waals surface area contributed by atoms with Gasteiger partial charge < -0.3 is 0 Å². The Morgan fingerprint density at radius 2 is 1.86 bits per heavy atom. The molecule has 2 heterocycles. The van der Waals surface area contributed by atoms with E-state index in [1.807, 2.05) is 24.4 Å². The lowest BCUT2D eigenvalue weighted by Crippen LogP contribution is -2.12. The molecule has 0 aliphatic heterocycles. The maximum absolute atomic E-state index is 12.2. The molecule has 1 N–H and O–H groups in total.